The molecule has 0 bridgehead atoms. The van der Waals surface area contributed by atoms with Crippen LogP contribution in [-0.4, -0.2) is 10.9 Å². The summed E-state index contributed by atoms with van der Waals surface area (Å²) in [6.45, 7) is 10.4. The first-order valence-corrected chi connectivity index (χ1v) is 11.4. The Morgan fingerprint density at radius 2 is 1.69 bits per heavy atom. The molecule has 0 aliphatic carbocycles. The fraction of sp³-hybridized carbons (Fsp3) is 0.269. The van der Waals surface area contributed by atoms with Crippen molar-refractivity contribution in [2.45, 2.75) is 46.1 Å². The van der Waals surface area contributed by atoms with Gasteiger partial charge in [0, 0.05) is 4.88 Å². The quantitative estimate of drug-likeness (QED) is 0.385. The molecule has 5 rings (SSSR count). The predicted octanol–water partition coefficient (Wildman–Crippen LogP) is 5.91. The van der Waals surface area contributed by atoms with Crippen molar-refractivity contribution in [2.75, 3.05) is 4.90 Å². The zero-order chi connectivity index (χ0) is 22.8. The van der Waals surface area contributed by atoms with Crippen LogP contribution in [0.2, 0.25) is 0 Å². The van der Waals surface area contributed by atoms with Crippen molar-refractivity contribution >= 4 is 33.3 Å². The van der Waals surface area contributed by atoms with Crippen LogP contribution in [0.4, 0.5) is 5.13 Å². The van der Waals surface area contributed by atoms with Crippen molar-refractivity contribution < 1.29 is 9.21 Å². The van der Waals surface area contributed by atoms with Crippen molar-refractivity contribution in [1.29, 1.82) is 0 Å². The summed E-state index contributed by atoms with van der Waals surface area (Å²) in [5.74, 6) is -0.231. The fourth-order valence-corrected chi connectivity index (χ4v) is 5.09. The number of aryl methyl sites for hydroxylation is 2. The van der Waals surface area contributed by atoms with Gasteiger partial charge in [-0.25, -0.2) is 4.98 Å². The van der Waals surface area contributed by atoms with E-state index in [1.54, 1.807) is 29.2 Å². The van der Waals surface area contributed by atoms with Crippen LogP contribution in [0.15, 0.2) is 57.7 Å². The molecule has 2 aromatic heterocycles. The summed E-state index contributed by atoms with van der Waals surface area (Å²) in [5.41, 5.74) is 3.54. The molecule has 3 heterocycles. The smallest absolute Gasteiger partial charge is 0.297 e. The lowest BCUT2D eigenvalue weighted by Gasteiger charge is -2.24. The van der Waals surface area contributed by atoms with E-state index in [0.717, 1.165) is 16.1 Å². The SMILES string of the molecule is Cc1nc(N2C(=O)c3oc4ccccc4c(=O)c3[C@H]2c2ccc(C(C)(C)C)cc2)sc1C. The van der Waals surface area contributed by atoms with E-state index in [1.807, 2.05) is 26.0 Å². The van der Waals surface area contributed by atoms with Gasteiger partial charge in [0.2, 0.25) is 5.76 Å². The number of carbonyl (C=O) groups is 1. The van der Waals surface area contributed by atoms with Gasteiger partial charge in [-0.3, -0.25) is 14.5 Å². The number of hydrogen-bond donors (Lipinski definition) is 0. The maximum atomic E-state index is 13.6. The van der Waals surface area contributed by atoms with Gasteiger partial charge in [-0.1, -0.05) is 57.2 Å². The summed E-state index contributed by atoms with van der Waals surface area (Å²) in [4.78, 5) is 34.4. The molecule has 1 aliphatic heterocycles. The number of fused-ring (bicyclic) bond motifs is 2. The molecule has 1 amide bonds. The number of hydrogen-bond acceptors (Lipinski definition) is 5. The van der Waals surface area contributed by atoms with Gasteiger partial charge in [0.1, 0.15) is 5.58 Å². The van der Waals surface area contributed by atoms with E-state index < -0.39 is 6.04 Å². The summed E-state index contributed by atoms with van der Waals surface area (Å²) in [6, 6.07) is 14.6. The summed E-state index contributed by atoms with van der Waals surface area (Å²) < 4.78 is 6.00. The second-order valence-electron chi connectivity index (χ2n) is 9.26. The fourth-order valence-electron chi connectivity index (χ4n) is 4.16. The van der Waals surface area contributed by atoms with Gasteiger partial charge in [-0.15, -0.1) is 11.3 Å². The summed E-state index contributed by atoms with van der Waals surface area (Å²) in [7, 11) is 0. The molecule has 0 saturated heterocycles. The van der Waals surface area contributed by atoms with Crippen LogP contribution in [0.3, 0.4) is 0 Å². The van der Waals surface area contributed by atoms with Gasteiger partial charge in [-0.05, 0) is 42.5 Å². The Hall–Kier alpha value is -3.25. The van der Waals surface area contributed by atoms with Crippen molar-refractivity contribution in [3.63, 3.8) is 0 Å². The lowest BCUT2D eigenvalue weighted by atomic mass is 9.86. The average Bonchev–Trinajstić information content (AvgIpc) is 3.24. The molecule has 1 aliphatic rings. The number of nitrogens with zero attached hydrogens (tertiary/aromatic N) is 2. The maximum absolute atomic E-state index is 13.6. The lowest BCUT2D eigenvalue weighted by molar-refractivity contribution is 0.0971. The van der Waals surface area contributed by atoms with Crippen molar-refractivity contribution in [3.8, 4) is 0 Å². The Morgan fingerprint density at radius 1 is 1.00 bits per heavy atom. The van der Waals surface area contributed by atoms with Crippen LogP contribution >= 0.6 is 11.3 Å². The van der Waals surface area contributed by atoms with Gasteiger partial charge < -0.3 is 4.42 Å². The average molecular weight is 445 g/mol. The van der Waals surface area contributed by atoms with Crippen LogP contribution in [0, 0.1) is 13.8 Å². The first-order chi connectivity index (χ1) is 15.2. The van der Waals surface area contributed by atoms with E-state index in [0.29, 0.717) is 21.7 Å². The topological polar surface area (TPSA) is 63.4 Å². The van der Waals surface area contributed by atoms with E-state index in [1.165, 1.54) is 16.9 Å². The molecule has 4 aromatic rings. The molecule has 1 atom stereocenters. The third-order valence-corrected chi connectivity index (χ3v) is 7.17. The van der Waals surface area contributed by atoms with Crippen LogP contribution in [0.25, 0.3) is 11.0 Å². The number of thiazole rings is 1. The van der Waals surface area contributed by atoms with E-state index >= 15 is 0 Å². The highest BCUT2D eigenvalue weighted by Gasteiger charge is 2.45. The summed E-state index contributed by atoms with van der Waals surface area (Å²) in [6.07, 6.45) is 0. The van der Waals surface area contributed by atoms with Crippen LogP contribution in [-0.2, 0) is 5.41 Å². The zero-order valence-corrected chi connectivity index (χ0v) is 19.5. The van der Waals surface area contributed by atoms with Gasteiger partial charge in [0.15, 0.2) is 10.6 Å². The standard InChI is InChI=1S/C26H24N2O3S/c1-14-15(2)32-25(27-14)28-21(16-10-12-17(13-11-16)26(3,4)5)20-22(29)18-8-6-7-9-19(18)31-23(20)24(28)30/h6-13,21H,1-5H3/t21-/m1/s1. The molecule has 5 nitrogen and oxygen atoms in total. The van der Waals surface area contributed by atoms with Crippen molar-refractivity contribution in [2.24, 2.45) is 0 Å². The number of carbonyl (C=O) groups excluding carboxylic acids is 1. The number of rotatable bonds is 2. The Morgan fingerprint density at radius 3 is 2.31 bits per heavy atom. The molecule has 0 spiro atoms. The van der Waals surface area contributed by atoms with Gasteiger partial charge >= 0.3 is 0 Å². The summed E-state index contributed by atoms with van der Waals surface area (Å²) >= 11 is 1.45. The minimum Gasteiger partial charge on any atom is -0.450 e. The first kappa shape index (κ1) is 20.6. The highest BCUT2D eigenvalue weighted by Crippen LogP contribution is 2.43. The number of aromatic nitrogens is 1. The maximum Gasteiger partial charge on any atom is 0.297 e. The molecule has 0 unspecified atom stereocenters. The second kappa shape index (κ2) is 7.14. The largest absolute Gasteiger partial charge is 0.450 e. The number of benzene rings is 2. The number of para-hydroxylation sites is 1. The normalized spacial score (nSPS) is 16.1. The highest BCUT2D eigenvalue weighted by atomic mass is 32.1. The molecule has 0 N–H and O–H groups in total. The minimum atomic E-state index is -0.586. The summed E-state index contributed by atoms with van der Waals surface area (Å²) in [5, 5.41) is 1.05. The van der Waals surface area contributed by atoms with Gasteiger partial charge in [0.05, 0.1) is 22.7 Å². The third-order valence-electron chi connectivity index (χ3n) is 6.09. The molecule has 6 heteroatoms. The lowest BCUT2D eigenvalue weighted by Crippen LogP contribution is -2.29. The van der Waals surface area contributed by atoms with Crippen LogP contribution < -0.4 is 10.3 Å². The van der Waals surface area contributed by atoms with Gasteiger partial charge in [0.25, 0.3) is 5.91 Å². The Labute approximate surface area is 190 Å². The minimum absolute atomic E-state index is 0.000379. The van der Waals surface area contributed by atoms with E-state index in [9.17, 15) is 9.59 Å². The monoisotopic (exact) mass is 444 g/mol. The van der Waals surface area contributed by atoms with Crippen molar-refractivity contribution in [1.82, 2.24) is 4.98 Å². The van der Waals surface area contributed by atoms with Crippen LogP contribution in [0.5, 0.6) is 0 Å². The Balaban J connectivity index is 1.77. The van der Waals surface area contributed by atoms with E-state index in [2.05, 4.69) is 37.9 Å². The molecule has 0 saturated carbocycles. The Kier molecular flexibility index (Phi) is 4.60. The first-order valence-electron chi connectivity index (χ1n) is 10.6. The van der Waals surface area contributed by atoms with E-state index in [-0.39, 0.29) is 22.5 Å². The molecule has 0 radical (unpaired) electrons. The number of anilines is 1. The Bertz CT molecular complexity index is 1400. The molecule has 32 heavy (non-hydrogen) atoms. The van der Waals surface area contributed by atoms with E-state index in [4.69, 9.17) is 4.42 Å². The van der Waals surface area contributed by atoms with Crippen molar-refractivity contribution in [3.05, 3.63) is 91.8 Å². The second-order valence-corrected chi connectivity index (χ2v) is 10.4. The predicted molar refractivity (Wildman–Crippen MR) is 128 cm³/mol. The molecule has 162 valence electrons. The third kappa shape index (κ3) is 3.09. The molecular weight excluding hydrogens is 420 g/mol. The molecular formula is C26H24N2O3S. The molecule has 0 fully saturated rings. The highest BCUT2D eigenvalue weighted by molar-refractivity contribution is 7.15. The number of amides is 1. The van der Waals surface area contributed by atoms with Crippen LogP contribution in [0.1, 0.15) is 64.6 Å². The zero-order valence-electron chi connectivity index (χ0n) is 18.7. The molecule has 2 aromatic carbocycles. The van der Waals surface area contributed by atoms with Gasteiger partial charge in [-0.2, -0.15) is 0 Å².